The van der Waals surface area contributed by atoms with Crippen molar-refractivity contribution in [3.05, 3.63) is 53.5 Å². The van der Waals surface area contributed by atoms with Crippen molar-refractivity contribution in [3.63, 3.8) is 0 Å². The number of amides is 2. The van der Waals surface area contributed by atoms with Gasteiger partial charge in [-0.1, -0.05) is 12.1 Å². The Bertz CT molecular complexity index is 936. The number of hydrogen-bond acceptors (Lipinski definition) is 4. The number of aryl methyl sites for hydroxylation is 1. The van der Waals surface area contributed by atoms with Crippen molar-refractivity contribution in [2.45, 2.75) is 44.9 Å². The maximum absolute atomic E-state index is 12.8. The molecule has 1 aromatic carbocycles. The fourth-order valence-electron chi connectivity index (χ4n) is 5.17. The van der Waals surface area contributed by atoms with Gasteiger partial charge in [0.05, 0.1) is 12.1 Å². The molecule has 1 aromatic heterocycles. The van der Waals surface area contributed by atoms with Crippen LogP contribution in [0.4, 0.5) is 0 Å². The first-order chi connectivity index (χ1) is 13.5. The minimum absolute atomic E-state index is 0.0434. The molecule has 2 N–H and O–H groups in total. The first kappa shape index (κ1) is 17.3. The molecule has 6 rings (SSSR count). The molecule has 28 heavy (non-hydrogen) atoms. The number of furan rings is 1. The van der Waals surface area contributed by atoms with Crippen LogP contribution in [0.15, 0.2) is 40.8 Å². The Hall–Kier alpha value is -2.76. The summed E-state index contributed by atoms with van der Waals surface area (Å²) in [7, 11) is 0. The smallest absolute Gasteiger partial charge is 0.258 e. The molecule has 1 spiro atoms. The minimum atomic E-state index is -0.677. The summed E-state index contributed by atoms with van der Waals surface area (Å²) in [5.74, 6) is 2.54. The number of carbonyl (C=O) groups excluding carboxylic acids is 2. The van der Waals surface area contributed by atoms with E-state index in [2.05, 4.69) is 10.6 Å². The van der Waals surface area contributed by atoms with Gasteiger partial charge in [0.25, 0.3) is 5.91 Å². The average Bonchev–Trinajstić information content (AvgIpc) is 3.11. The van der Waals surface area contributed by atoms with Gasteiger partial charge in [0, 0.05) is 18.3 Å². The molecule has 3 fully saturated rings. The minimum Gasteiger partial charge on any atom is -0.467 e. The third-order valence-electron chi connectivity index (χ3n) is 6.54. The highest BCUT2D eigenvalue weighted by Gasteiger charge is 2.57. The van der Waals surface area contributed by atoms with Crippen LogP contribution in [-0.2, 0) is 11.3 Å². The highest BCUT2D eigenvalue weighted by molar-refractivity contribution is 5.98. The quantitative estimate of drug-likeness (QED) is 0.857. The second-order valence-electron chi connectivity index (χ2n) is 8.25. The van der Waals surface area contributed by atoms with Gasteiger partial charge in [0.2, 0.25) is 5.91 Å². The normalized spacial score (nSPS) is 30.5. The molecule has 4 aliphatic rings. The Morgan fingerprint density at radius 3 is 2.86 bits per heavy atom. The van der Waals surface area contributed by atoms with Gasteiger partial charge >= 0.3 is 0 Å². The molecular weight excluding hydrogens is 356 g/mol. The molecule has 6 nitrogen and oxygen atoms in total. The van der Waals surface area contributed by atoms with E-state index in [1.807, 2.05) is 37.3 Å². The second kappa shape index (κ2) is 6.40. The lowest BCUT2D eigenvalue weighted by molar-refractivity contribution is -0.146. The Balaban J connectivity index is 1.30. The molecule has 2 aromatic rings. The third kappa shape index (κ3) is 2.79. The van der Waals surface area contributed by atoms with Gasteiger partial charge in [0.1, 0.15) is 17.3 Å². The van der Waals surface area contributed by atoms with Crippen LogP contribution in [0.2, 0.25) is 0 Å². The lowest BCUT2D eigenvalue weighted by atomic mass is 9.60. The summed E-state index contributed by atoms with van der Waals surface area (Å²) in [4.78, 5) is 25.5. The largest absolute Gasteiger partial charge is 0.467 e. The van der Waals surface area contributed by atoms with E-state index in [-0.39, 0.29) is 29.6 Å². The van der Waals surface area contributed by atoms with Gasteiger partial charge in [-0.3, -0.25) is 9.59 Å². The van der Waals surface area contributed by atoms with Crippen molar-refractivity contribution in [2.75, 3.05) is 0 Å². The zero-order valence-corrected chi connectivity index (χ0v) is 15.9. The molecule has 0 radical (unpaired) electrons. The lowest BCUT2D eigenvalue weighted by Crippen LogP contribution is -2.66. The summed E-state index contributed by atoms with van der Waals surface area (Å²) in [5, 5.41) is 6.15. The first-order valence-electron chi connectivity index (χ1n) is 9.98. The van der Waals surface area contributed by atoms with Crippen molar-refractivity contribution in [1.82, 2.24) is 10.6 Å². The molecule has 3 saturated carbocycles. The number of hydrogen-bond donors (Lipinski definition) is 2. The van der Waals surface area contributed by atoms with Crippen molar-refractivity contribution in [3.8, 4) is 5.75 Å². The van der Waals surface area contributed by atoms with Crippen LogP contribution in [0.1, 0.15) is 47.6 Å². The van der Waals surface area contributed by atoms with Crippen molar-refractivity contribution in [1.29, 1.82) is 0 Å². The van der Waals surface area contributed by atoms with Gasteiger partial charge in [-0.15, -0.1) is 0 Å². The van der Waals surface area contributed by atoms with E-state index in [0.29, 0.717) is 24.3 Å². The van der Waals surface area contributed by atoms with Gasteiger partial charge in [-0.05, 0) is 56.4 Å². The van der Waals surface area contributed by atoms with Crippen LogP contribution in [0.25, 0.3) is 0 Å². The molecule has 3 aliphatic carbocycles. The van der Waals surface area contributed by atoms with Crippen LogP contribution in [0.5, 0.6) is 5.75 Å². The van der Waals surface area contributed by atoms with Crippen molar-refractivity contribution in [2.24, 2.45) is 17.8 Å². The molecule has 6 heteroatoms. The van der Waals surface area contributed by atoms with Crippen LogP contribution < -0.4 is 15.4 Å². The number of nitrogens with one attached hydrogen (secondary N) is 2. The molecule has 2 heterocycles. The summed E-state index contributed by atoms with van der Waals surface area (Å²) in [6.07, 6.45) is 3.37. The van der Waals surface area contributed by atoms with Crippen LogP contribution in [-0.4, -0.2) is 17.5 Å². The van der Waals surface area contributed by atoms with Gasteiger partial charge in [0.15, 0.2) is 5.72 Å². The highest BCUT2D eigenvalue weighted by Crippen LogP contribution is 2.52. The number of carbonyl (C=O) groups is 2. The Morgan fingerprint density at radius 1 is 1.25 bits per heavy atom. The van der Waals surface area contributed by atoms with Crippen LogP contribution in [0.3, 0.4) is 0 Å². The molecule has 2 amide bonds. The highest BCUT2D eigenvalue weighted by atomic mass is 16.5. The summed E-state index contributed by atoms with van der Waals surface area (Å²) in [6.45, 7) is 2.30. The maximum atomic E-state index is 12.8. The van der Waals surface area contributed by atoms with E-state index < -0.39 is 5.72 Å². The van der Waals surface area contributed by atoms with E-state index in [4.69, 9.17) is 9.15 Å². The van der Waals surface area contributed by atoms with Crippen LogP contribution in [0, 0.1) is 24.7 Å². The number of fused-ring (bicyclic) bond motifs is 3. The Labute approximate surface area is 163 Å². The number of benzene rings is 1. The van der Waals surface area contributed by atoms with Crippen molar-refractivity contribution >= 4 is 11.8 Å². The number of rotatable bonds is 3. The zero-order valence-electron chi connectivity index (χ0n) is 15.9. The molecular formula is C22H24N2O4. The first-order valence-corrected chi connectivity index (χ1v) is 9.98. The van der Waals surface area contributed by atoms with E-state index in [0.717, 1.165) is 30.8 Å². The Kier molecular flexibility index (Phi) is 3.96. The average molecular weight is 380 g/mol. The maximum Gasteiger partial charge on any atom is 0.258 e. The third-order valence-corrected chi connectivity index (χ3v) is 6.54. The summed E-state index contributed by atoms with van der Waals surface area (Å²) in [5.41, 5.74) is -0.0962. The van der Waals surface area contributed by atoms with E-state index >= 15 is 0 Å². The fourth-order valence-corrected chi connectivity index (χ4v) is 5.17. The lowest BCUT2D eigenvalue weighted by Gasteiger charge is -2.55. The monoisotopic (exact) mass is 380 g/mol. The van der Waals surface area contributed by atoms with E-state index in [9.17, 15) is 9.59 Å². The SMILES string of the molecule is Cc1ccc(CNC(=O)[C@@H]2C[C@H]3CC[C@H]2C[C@@]32NC(=O)c3ccccc3O2)o1. The predicted molar refractivity (Wildman–Crippen MR) is 101 cm³/mol. The number of para-hydroxylation sites is 1. The van der Waals surface area contributed by atoms with Crippen LogP contribution >= 0.6 is 0 Å². The van der Waals surface area contributed by atoms with E-state index in [1.165, 1.54) is 0 Å². The number of ether oxygens (including phenoxy) is 1. The van der Waals surface area contributed by atoms with Gasteiger partial charge < -0.3 is 19.8 Å². The summed E-state index contributed by atoms with van der Waals surface area (Å²) in [6, 6.07) is 11.2. The second-order valence-corrected chi connectivity index (χ2v) is 8.25. The molecule has 146 valence electrons. The molecule has 1 aliphatic heterocycles. The van der Waals surface area contributed by atoms with Gasteiger partial charge in [-0.2, -0.15) is 0 Å². The summed E-state index contributed by atoms with van der Waals surface area (Å²) < 4.78 is 11.9. The molecule has 2 bridgehead atoms. The Morgan fingerprint density at radius 2 is 2.11 bits per heavy atom. The topological polar surface area (TPSA) is 80.6 Å². The summed E-state index contributed by atoms with van der Waals surface area (Å²) >= 11 is 0. The van der Waals surface area contributed by atoms with Crippen molar-refractivity contribution < 1.29 is 18.7 Å². The van der Waals surface area contributed by atoms with E-state index in [1.54, 1.807) is 6.07 Å². The predicted octanol–water partition coefficient (Wildman–Crippen LogP) is 3.16. The zero-order chi connectivity index (χ0) is 19.3. The fraction of sp³-hybridized carbons (Fsp3) is 0.455. The molecule has 0 saturated heterocycles. The van der Waals surface area contributed by atoms with Gasteiger partial charge in [-0.25, -0.2) is 0 Å². The molecule has 4 atom stereocenters. The molecule has 0 unspecified atom stereocenters. The standard InChI is InChI=1S/C22H24N2O4/c1-13-6-9-16(27-13)12-23-20(25)18-10-15-8-7-14(18)11-22(15)24-21(26)17-4-2-3-5-19(17)28-22/h2-6,9,14-15,18H,7-8,10-12H2,1H3,(H,23,25)(H,24,26)/t14-,15+,18+,22-/m0/s1.